The largest absolute Gasteiger partial charge is 0.302 e. The van der Waals surface area contributed by atoms with E-state index in [2.05, 4.69) is 10.3 Å². The molecule has 11 heteroatoms. The molecular formula is C21H18Cl3N3O3S2. The van der Waals surface area contributed by atoms with Crippen LogP contribution in [0.5, 0.6) is 0 Å². The second kappa shape index (κ2) is 9.67. The van der Waals surface area contributed by atoms with Crippen molar-refractivity contribution in [2.75, 3.05) is 18.4 Å². The summed E-state index contributed by atoms with van der Waals surface area (Å²) in [7, 11) is -3.61. The van der Waals surface area contributed by atoms with Gasteiger partial charge < -0.3 is 5.32 Å². The van der Waals surface area contributed by atoms with E-state index >= 15 is 0 Å². The Kier molecular flexibility index (Phi) is 7.09. The Labute approximate surface area is 205 Å². The van der Waals surface area contributed by atoms with E-state index in [4.69, 9.17) is 34.8 Å². The Balaban J connectivity index is 1.37. The fourth-order valence-electron chi connectivity index (χ4n) is 3.47. The maximum Gasteiger partial charge on any atom is 0.243 e. The van der Waals surface area contributed by atoms with Crippen LogP contribution in [0.2, 0.25) is 15.1 Å². The molecular weight excluding hydrogens is 513 g/mol. The third-order valence-electron chi connectivity index (χ3n) is 5.22. The van der Waals surface area contributed by atoms with Crippen LogP contribution in [-0.2, 0) is 14.8 Å². The quantitative estimate of drug-likeness (QED) is 0.451. The molecule has 1 aromatic heterocycles. The highest BCUT2D eigenvalue weighted by Crippen LogP contribution is 2.33. The molecule has 6 nitrogen and oxygen atoms in total. The molecule has 1 fully saturated rings. The predicted octanol–water partition coefficient (Wildman–Crippen LogP) is 5.81. The zero-order chi connectivity index (χ0) is 22.9. The van der Waals surface area contributed by atoms with Gasteiger partial charge in [-0.3, -0.25) is 4.79 Å². The monoisotopic (exact) mass is 529 g/mol. The minimum absolute atomic E-state index is 0.170. The van der Waals surface area contributed by atoms with Crippen molar-refractivity contribution in [3.05, 3.63) is 62.9 Å². The maximum atomic E-state index is 12.8. The van der Waals surface area contributed by atoms with Crippen LogP contribution in [0.3, 0.4) is 0 Å². The number of carbonyl (C=O) groups is 1. The summed E-state index contributed by atoms with van der Waals surface area (Å²) in [5, 5.41) is 6.61. The highest BCUT2D eigenvalue weighted by atomic mass is 35.5. The van der Waals surface area contributed by atoms with Crippen molar-refractivity contribution in [1.29, 1.82) is 0 Å². The lowest BCUT2D eigenvalue weighted by molar-refractivity contribution is -0.120. The summed E-state index contributed by atoms with van der Waals surface area (Å²) in [5.41, 5.74) is 1.38. The van der Waals surface area contributed by atoms with E-state index in [1.165, 1.54) is 27.8 Å². The van der Waals surface area contributed by atoms with Gasteiger partial charge in [-0.05, 0) is 55.3 Å². The van der Waals surface area contributed by atoms with E-state index in [9.17, 15) is 13.2 Å². The lowest BCUT2D eigenvalue weighted by Gasteiger charge is -2.30. The van der Waals surface area contributed by atoms with Crippen molar-refractivity contribution in [1.82, 2.24) is 9.29 Å². The van der Waals surface area contributed by atoms with Gasteiger partial charge in [0.2, 0.25) is 15.9 Å². The van der Waals surface area contributed by atoms with Crippen LogP contribution >= 0.6 is 46.1 Å². The summed E-state index contributed by atoms with van der Waals surface area (Å²) in [6, 6.07) is 11.2. The van der Waals surface area contributed by atoms with Gasteiger partial charge in [0.25, 0.3) is 0 Å². The zero-order valence-electron chi connectivity index (χ0n) is 16.6. The predicted molar refractivity (Wildman–Crippen MR) is 129 cm³/mol. The molecule has 1 saturated heterocycles. The summed E-state index contributed by atoms with van der Waals surface area (Å²) >= 11 is 19.3. The van der Waals surface area contributed by atoms with Crippen molar-refractivity contribution < 1.29 is 13.2 Å². The minimum atomic E-state index is -3.61. The number of nitrogens with one attached hydrogen (secondary N) is 1. The second-order valence-corrected chi connectivity index (χ2v) is 11.4. The third kappa shape index (κ3) is 5.11. The third-order valence-corrected chi connectivity index (χ3v) is 8.69. The highest BCUT2D eigenvalue weighted by molar-refractivity contribution is 7.89. The fourth-order valence-corrected chi connectivity index (χ4v) is 6.29. The van der Waals surface area contributed by atoms with Crippen LogP contribution in [0.1, 0.15) is 12.8 Å². The smallest absolute Gasteiger partial charge is 0.243 e. The molecule has 0 atom stereocenters. The summed E-state index contributed by atoms with van der Waals surface area (Å²) in [5.74, 6) is -0.463. The van der Waals surface area contributed by atoms with Gasteiger partial charge in [0.15, 0.2) is 5.13 Å². The molecule has 1 aliphatic rings. The Hall–Kier alpha value is -1.68. The van der Waals surface area contributed by atoms with E-state index in [0.29, 0.717) is 38.7 Å². The molecule has 32 heavy (non-hydrogen) atoms. The molecule has 0 radical (unpaired) electrons. The van der Waals surface area contributed by atoms with Gasteiger partial charge in [-0.1, -0.05) is 34.8 Å². The van der Waals surface area contributed by atoms with E-state index < -0.39 is 10.0 Å². The van der Waals surface area contributed by atoms with E-state index in [1.54, 1.807) is 30.3 Å². The topological polar surface area (TPSA) is 79.4 Å². The number of rotatable bonds is 5. The molecule has 4 rings (SSSR count). The van der Waals surface area contributed by atoms with Crippen LogP contribution in [-0.4, -0.2) is 36.7 Å². The Morgan fingerprint density at radius 1 is 1.03 bits per heavy atom. The average molecular weight is 531 g/mol. The molecule has 1 amide bonds. The van der Waals surface area contributed by atoms with Crippen LogP contribution in [0.25, 0.3) is 11.3 Å². The first kappa shape index (κ1) is 23.5. The number of piperidine rings is 1. The van der Waals surface area contributed by atoms with Gasteiger partial charge >= 0.3 is 0 Å². The summed E-state index contributed by atoms with van der Waals surface area (Å²) in [4.78, 5) is 17.4. The van der Waals surface area contributed by atoms with Crippen molar-refractivity contribution >= 4 is 67.2 Å². The molecule has 0 spiro atoms. The molecule has 2 heterocycles. The summed E-state index contributed by atoms with van der Waals surface area (Å²) in [6.07, 6.45) is 0.861. The standard InChI is InChI=1S/C21H18Cl3N3O3S2/c22-14-1-4-16(5-2-14)32(29,30)27-9-7-13(8-10-27)20(28)26-21-25-19(12-31-21)17-6-3-15(23)11-18(17)24/h1-6,11-13H,7-10H2,(H,25,26,28). The number of carbonyl (C=O) groups excluding carboxylic acids is 1. The molecule has 168 valence electrons. The van der Waals surface area contributed by atoms with Crippen LogP contribution < -0.4 is 5.32 Å². The second-order valence-electron chi connectivity index (χ2n) is 7.28. The van der Waals surface area contributed by atoms with Crippen molar-refractivity contribution in [2.24, 2.45) is 5.92 Å². The lowest BCUT2D eigenvalue weighted by atomic mass is 9.97. The molecule has 0 saturated carbocycles. The molecule has 2 aromatic carbocycles. The normalized spacial score (nSPS) is 15.6. The van der Waals surface area contributed by atoms with E-state index in [1.807, 2.05) is 5.38 Å². The van der Waals surface area contributed by atoms with Gasteiger partial charge in [-0.2, -0.15) is 4.31 Å². The number of hydrogen-bond donors (Lipinski definition) is 1. The molecule has 1 N–H and O–H groups in total. The average Bonchev–Trinajstić information content (AvgIpc) is 3.22. The van der Waals surface area contributed by atoms with E-state index in [0.717, 1.165) is 5.56 Å². The summed E-state index contributed by atoms with van der Waals surface area (Å²) in [6.45, 7) is 0.541. The fraction of sp³-hybridized carbons (Fsp3) is 0.238. The number of aromatic nitrogens is 1. The van der Waals surface area contributed by atoms with Crippen molar-refractivity contribution in [3.8, 4) is 11.3 Å². The van der Waals surface area contributed by atoms with Crippen LogP contribution in [0.15, 0.2) is 52.7 Å². The van der Waals surface area contributed by atoms with Gasteiger partial charge in [-0.15, -0.1) is 11.3 Å². The first-order chi connectivity index (χ1) is 15.2. The summed E-state index contributed by atoms with van der Waals surface area (Å²) < 4.78 is 27.0. The van der Waals surface area contributed by atoms with Crippen molar-refractivity contribution in [3.63, 3.8) is 0 Å². The van der Waals surface area contributed by atoms with Gasteiger partial charge in [0.05, 0.1) is 15.6 Å². The van der Waals surface area contributed by atoms with Gasteiger partial charge in [0.1, 0.15) is 0 Å². The molecule has 1 aliphatic heterocycles. The number of benzene rings is 2. The van der Waals surface area contributed by atoms with Crippen molar-refractivity contribution in [2.45, 2.75) is 17.7 Å². The number of anilines is 1. The number of sulfonamides is 1. The maximum absolute atomic E-state index is 12.8. The minimum Gasteiger partial charge on any atom is -0.302 e. The van der Waals surface area contributed by atoms with Gasteiger partial charge in [0, 0.05) is 40.0 Å². The lowest BCUT2D eigenvalue weighted by Crippen LogP contribution is -2.41. The Morgan fingerprint density at radius 3 is 2.34 bits per heavy atom. The van der Waals surface area contributed by atoms with Crippen LogP contribution in [0, 0.1) is 5.92 Å². The number of nitrogens with zero attached hydrogens (tertiary/aromatic N) is 2. The Morgan fingerprint density at radius 2 is 1.69 bits per heavy atom. The first-order valence-electron chi connectivity index (χ1n) is 9.71. The first-order valence-corrected chi connectivity index (χ1v) is 13.2. The zero-order valence-corrected chi connectivity index (χ0v) is 20.5. The van der Waals surface area contributed by atoms with Crippen LogP contribution in [0.4, 0.5) is 5.13 Å². The number of hydrogen-bond acceptors (Lipinski definition) is 5. The van der Waals surface area contributed by atoms with Gasteiger partial charge in [-0.25, -0.2) is 13.4 Å². The SMILES string of the molecule is O=C(Nc1nc(-c2ccc(Cl)cc2Cl)cs1)C1CCN(S(=O)(=O)c2ccc(Cl)cc2)CC1. The number of amides is 1. The molecule has 0 bridgehead atoms. The highest BCUT2D eigenvalue weighted by Gasteiger charge is 2.32. The molecule has 3 aromatic rings. The molecule has 0 aliphatic carbocycles. The Bertz CT molecular complexity index is 1240. The number of thiazole rings is 1. The van der Waals surface area contributed by atoms with E-state index in [-0.39, 0.29) is 29.8 Å². The number of halogens is 3. The molecule has 0 unspecified atom stereocenters.